The van der Waals surface area contributed by atoms with E-state index in [4.69, 9.17) is 4.65 Å². The molecule has 3 heteroatoms. The van der Waals surface area contributed by atoms with Crippen molar-refractivity contribution in [2.24, 2.45) is 0 Å². The Bertz CT molecular complexity index is 563. The standard InChI is InChI=1S/C14H11BO2/c16-15-13(11-6-2-1-3-7-11)10-12-8-4-5-9-14(12)17-15/h1-10,16H. The minimum absolute atomic E-state index is 0.722. The quantitative estimate of drug-likeness (QED) is 0.751. The molecule has 0 radical (unpaired) electrons. The van der Waals surface area contributed by atoms with E-state index in [1.165, 1.54) is 0 Å². The van der Waals surface area contributed by atoms with Gasteiger partial charge in [-0.3, -0.25) is 0 Å². The largest absolute Gasteiger partial charge is 0.560 e. The van der Waals surface area contributed by atoms with Gasteiger partial charge >= 0.3 is 7.12 Å². The van der Waals surface area contributed by atoms with Gasteiger partial charge in [0.25, 0.3) is 0 Å². The number of hydrogen-bond donors (Lipinski definition) is 1. The first-order chi connectivity index (χ1) is 8.34. The highest BCUT2D eigenvalue weighted by Gasteiger charge is 2.27. The third-order valence-corrected chi connectivity index (χ3v) is 2.84. The van der Waals surface area contributed by atoms with Gasteiger partial charge in [-0.1, -0.05) is 48.5 Å². The summed E-state index contributed by atoms with van der Waals surface area (Å²) in [5, 5.41) is 9.98. The van der Waals surface area contributed by atoms with Crippen LogP contribution in [-0.4, -0.2) is 12.1 Å². The molecule has 2 aromatic rings. The lowest BCUT2D eigenvalue weighted by Crippen LogP contribution is -2.26. The summed E-state index contributed by atoms with van der Waals surface area (Å²) in [6.07, 6.45) is 1.97. The molecule has 82 valence electrons. The molecular weight excluding hydrogens is 211 g/mol. The first-order valence-corrected chi connectivity index (χ1v) is 5.55. The highest BCUT2D eigenvalue weighted by Crippen LogP contribution is 2.31. The summed E-state index contributed by atoms with van der Waals surface area (Å²) in [7, 11) is -0.896. The van der Waals surface area contributed by atoms with Crippen LogP contribution < -0.4 is 4.65 Å². The number of benzene rings is 2. The Kier molecular flexibility index (Phi) is 2.46. The van der Waals surface area contributed by atoms with Gasteiger partial charge < -0.3 is 9.68 Å². The van der Waals surface area contributed by atoms with Crippen LogP contribution in [0.4, 0.5) is 0 Å². The van der Waals surface area contributed by atoms with Gasteiger partial charge in [0.05, 0.1) is 0 Å². The molecule has 0 fully saturated rings. The maximum absolute atomic E-state index is 9.98. The summed E-state index contributed by atoms with van der Waals surface area (Å²) in [6.45, 7) is 0. The molecule has 0 amide bonds. The van der Waals surface area contributed by atoms with E-state index in [2.05, 4.69) is 0 Å². The molecule has 0 aromatic heterocycles. The topological polar surface area (TPSA) is 29.5 Å². The van der Waals surface area contributed by atoms with E-state index in [9.17, 15) is 5.02 Å². The van der Waals surface area contributed by atoms with Crippen LogP contribution >= 0.6 is 0 Å². The van der Waals surface area contributed by atoms with Gasteiger partial charge in [-0.25, -0.2) is 0 Å². The van der Waals surface area contributed by atoms with E-state index in [0.717, 1.165) is 22.3 Å². The third-order valence-electron chi connectivity index (χ3n) is 2.84. The molecule has 0 bridgehead atoms. The Morgan fingerprint density at radius 1 is 0.882 bits per heavy atom. The van der Waals surface area contributed by atoms with E-state index in [0.29, 0.717) is 0 Å². The molecule has 0 saturated heterocycles. The molecule has 1 N–H and O–H groups in total. The fourth-order valence-electron chi connectivity index (χ4n) is 1.99. The zero-order valence-electron chi connectivity index (χ0n) is 9.21. The second-order valence-electron chi connectivity index (χ2n) is 3.97. The summed E-state index contributed by atoms with van der Waals surface area (Å²) >= 11 is 0. The first kappa shape index (κ1) is 10.2. The Morgan fingerprint density at radius 2 is 1.59 bits per heavy atom. The van der Waals surface area contributed by atoms with Crippen molar-refractivity contribution >= 4 is 18.7 Å². The Hall–Kier alpha value is -2.00. The molecule has 1 aliphatic heterocycles. The molecule has 3 rings (SSSR count). The van der Waals surface area contributed by atoms with Crippen molar-refractivity contribution in [3.63, 3.8) is 0 Å². The van der Waals surface area contributed by atoms with Crippen molar-refractivity contribution in [3.05, 3.63) is 65.7 Å². The summed E-state index contributed by atoms with van der Waals surface area (Å²) in [4.78, 5) is 0. The maximum Gasteiger partial charge on any atom is 0.560 e. The average molecular weight is 222 g/mol. The molecule has 0 atom stereocenters. The highest BCUT2D eigenvalue weighted by atomic mass is 16.5. The molecule has 0 saturated carbocycles. The Morgan fingerprint density at radius 3 is 2.41 bits per heavy atom. The fourth-order valence-corrected chi connectivity index (χ4v) is 1.99. The molecule has 0 unspecified atom stereocenters. The van der Waals surface area contributed by atoms with Gasteiger partial charge in [0, 0.05) is 11.0 Å². The van der Waals surface area contributed by atoms with Crippen LogP contribution in [0.3, 0.4) is 0 Å². The lowest BCUT2D eigenvalue weighted by Gasteiger charge is -2.20. The van der Waals surface area contributed by atoms with Crippen LogP contribution in [0.1, 0.15) is 11.1 Å². The zero-order valence-corrected chi connectivity index (χ0v) is 9.21. The van der Waals surface area contributed by atoms with E-state index in [-0.39, 0.29) is 0 Å². The molecular formula is C14H11BO2. The van der Waals surface area contributed by atoms with Crippen molar-refractivity contribution in [2.75, 3.05) is 0 Å². The lowest BCUT2D eigenvalue weighted by molar-refractivity contribution is 0.431. The van der Waals surface area contributed by atoms with Crippen molar-refractivity contribution in [1.29, 1.82) is 0 Å². The first-order valence-electron chi connectivity index (χ1n) is 5.55. The van der Waals surface area contributed by atoms with Crippen molar-refractivity contribution < 1.29 is 9.68 Å². The van der Waals surface area contributed by atoms with Crippen molar-refractivity contribution in [2.45, 2.75) is 0 Å². The molecule has 0 aliphatic carbocycles. The second-order valence-corrected chi connectivity index (χ2v) is 3.97. The van der Waals surface area contributed by atoms with Gasteiger partial charge in [-0.15, -0.1) is 0 Å². The Balaban J connectivity index is 2.10. The van der Waals surface area contributed by atoms with Crippen molar-refractivity contribution in [3.8, 4) is 5.75 Å². The monoisotopic (exact) mass is 222 g/mol. The molecule has 2 nitrogen and oxygen atoms in total. The molecule has 0 spiro atoms. The third kappa shape index (κ3) is 1.85. The maximum atomic E-state index is 9.98. The van der Waals surface area contributed by atoms with Crippen LogP contribution in [0, 0.1) is 0 Å². The molecule has 1 heterocycles. The van der Waals surface area contributed by atoms with E-state index < -0.39 is 7.12 Å². The van der Waals surface area contributed by atoms with Crippen LogP contribution in [-0.2, 0) is 0 Å². The number of fused-ring (bicyclic) bond motifs is 1. The zero-order chi connectivity index (χ0) is 11.7. The van der Waals surface area contributed by atoms with Gasteiger partial charge in [-0.05, 0) is 17.7 Å². The normalized spacial score (nSPS) is 13.7. The SMILES string of the molecule is OB1Oc2ccccc2C=C1c1ccccc1. The summed E-state index contributed by atoms with van der Waals surface area (Å²) in [6, 6.07) is 17.5. The van der Waals surface area contributed by atoms with Crippen LogP contribution in [0.25, 0.3) is 11.5 Å². The molecule has 2 aromatic carbocycles. The van der Waals surface area contributed by atoms with E-state index in [1.807, 2.05) is 60.7 Å². The fraction of sp³-hybridized carbons (Fsp3) is 0. The van der Waals surface area contributed by atoms with E-state index >= 15 is 0 Å². The number of rotatable bonds is 1. The van der Waals surface area contributed by atoms with Gasteiger partial charge in [0.1, 0.15) is 5.75 Å². The second kappa shape index (κ2) is 4.11. The van der Waals surface area contributed by atoms with Gasteiger partial charge in [0.2, 0.25) is 0 Å². The summed E-state index contributed by atoms with van der Waals surface area (Å²) in [5.74, 6) is 0.722. The van der Waals surface area contributed by atoms with Crippen molar-refractivity contribution in [1.82, 2.24) is 0 Å². The van der Waals surface area contributed by atoms with E-state index in [1.54, 1.807) is 0 Å². The van der Waals surface area contributed by atoms with Crippen LogP contribution in [0.15, 0.2) is 54.6 Å². The number of hydrogen-bond acceptors (Lipinski definition) is 2. The Labute approximate surface area is 100 Å². The van der Waals surface area contributed by atoms with Crippen LogP contribution in [0.2, 0.25) is 0 Å². The predicted molar refractivity (Wildman–Crippen MR) is 69.4 cm³/mol. The lowest BCUT2D eigenvalue weighted by atomic mass is 9.72. The minimum atomic E-state index is -0.896. The smallest absolute Gasteiger partial charge is 0.532 e. The van der Waals surface area contributed by atoms with Gasteiger partial charge in [0.15, 0.2) is 0 Å². The van der Waals surface area contributed by atoms with Crippen LogP contribution in [0.5, 0.6) is 5.75 Å². The molecule has 17 heavy (non-hydrogen) atoms. The van der Waals surface area contributed by atoms with Gasteiger partial charge in [-0.2, -0.15) is 0 Å². The average Bonchev–Trinajstić information content (AvgIpc) is 2.39. The number of para-hydroxylation sites is 1. The minimum Gasteiger partial charge on any atom is -0.532 e. The molecule has 1 aliphatic rings. The summed E-state index contributed by atoms with van der Waals surface area (Å²) in [5.41, 5.74) is 2.77. The predicted octanol–water partition coefficient (Wildman–Crippen LogP) is 2.64. The summed E-state index contributed by atoms with van der Waals surface area (Å²) < 4.78 is 5.49. The highest BCUT2D eigenvalue weighted by molar-refractivity contribution is 6.70.